The lowest BCUT2D eigenvalue weighted by Gasteiger charge is -2.33. The molecule has 0 radical (unpaired) electrons. The number of hydrogen-bond donors (Lipinski definition) is 2. The minimum Gasteiger partial charge on any atom is -0.409 e. The van der Waals surface area contributed by atoms with E-state index in [0.29, 0.717) is 13.0 Å². The van der Waals surface area contributed by atoms with Gasteiger partial charge in [-0.25, -0.2) is 0 Å². The number of carbonyl (C=O) groups excluding carboxylic acids is 1. The van der Waals surface area contributed by atoms with Gasteiger partial charge in [-0.3, -0.25) is 4.79 Å². The molecule has 0 aliphatic rings. The van der Waals surface area contributed by atoms with Crippen molar-refractivity contribution in [3.05, 3.63) is 30.3 Å². The summed E-state index contributed by atoms with van der Waals surface area (Å²) in [5.41, 5.74) is 5.36. The molecule has 0 saturated heterocycles. The van der Waals surface area contributed by atoms with Gasteiger partial charge < -0.3 is 20.6 Å². The lowest BCUT2D eigenvalue weighted by Crippen LogP contribution is -2.49. The molecular formula is C15H23N3O3. The zero-order valence-electron chi connectivity index (χ0n) is 12.7. The van der Waals surface area contributed by atoms with E-state index >= 15 is 0 Å². The van der Waals surface area contributed by atoms with Crippen molar-refractivity contribution in [2.45, 2.75) is 32.3 Å². The van der Waals surface area contributed by atoms with Crippen LogP contribution in [0.5, 0.6) is 0 Å². The first kappa shape index (κ1) is 17.0. The lowest BCUT2D eigenvalue weighted by molar-refractivity contribution is -0.138. The molecule has 1 aromatic carbocycles. The third-order valence-electron chi connectivity index (χ3n) is 3.61. The number of nitrogens with zero attached hydrogens (tertiary/aromatic N) is 2. The third-order valence-corrected chi connectivity index (χ3v) is 3.61. The molecule has 1 atom stereocenters. The molecule has 0 saturated carbocycles. The van der Waals surface area contributed by atoms with Gasteiger partial charge in [-0.05, 0) is 25.5 Å². The number of anilines is 1. The zero-order valence-corrected chi connectivity index (χ0v) is 12.7. The van der Waals surface area contributed by atoms with Gasteiger partial charge in [-0.15, -0.1) is 0 Å². The number of nitrogens with two attached hydrogens (primary N) is 1. The number of carbonyl (C=O) groups is 1. The maximum absolute atomic E-state index is 12.8. The van der Waals surface area contributed by atoms with Crippen LogP contribution in [-0.2, 0) is 9.53 Å². The SMILES string of the molecule is CCC(C)(OC)C(=O)N(CC/C(N)=N/O)c1ccccc1. The number of benzene rings is 1. The second-order valence-corrected chi connectivity index (χ2v) is 4.92. The summed E-state index contributed by atoms with van der Waals surface area (Å²) in [5.74, 6) is -0.0659. The number of methoxy groups -OCH3 is 1. The number of amidine groups is 1. The molecular weight excluding hydrogens is 270 g/mol. The Morgan fingerprint density at radius 2 is 2.05 bits per heavy atom. The molecule has 1 rings (SSSR count). The number of oxime groups is 1. The standard InChI is InChI=1S/C15H23N3O3/c1-4-15(2,21-3)14(19)18(11-10-13(16)17-20)12-8-6-5-7-9-12/h5-9,20H,4,10-11H2,1-3H3,(H2,16,17). The zero-order chi connectivity index (χ0) is 15.9. The van der Waals surface area contributed by atoms with E-state index < -0.39 is 5.60 Å². The fourth-order valence-corrected chi connectivity index (χ4v) is 1.90. The summed E-state index contributed by atoms with van der Waals surface area (Å²) in [4.78, 5) is 14.4. The summed E-state index contributed by atoms with van der Waals surface area (Å²) in [5, 5.41) is 11.6. The fraction of sp³-hybridized carbons (Fsp3) is 0.467. The Labute approximate surface area is 125 Å². The molecule has 0 bridgehead atoms. The Hall–Kier alpha value is -2.08. The predicted molar refractivity (Wildman–Crippen MR) is 82.5 cm³/mol. The third kappa shape index (κ3) is 4.19. The maximum Gasteiger partial charge on any atom is 0.258 e. The summed E-state index contributed by atoms with van der Waals surface area (Å²) in [6, 6.07) is 9.28. The number of hydrogen-bond acceptors (Lipinski definition) is 4. The van der Waals surface area contributed by atoms with Crippen LogP contribution in [0.4, 0.5) is 5.69 Å². The van der Waals surface area contributed by atoms with Crippen molar-refractivity contribution in [3.8, 4) is 0 Å². The van der Waals surface area contributed by atoms with Crippen molar-refractivity contribution < 1.29 is 14.7 Å². The van der Waals surface area contributed by atoms with E-state index in [2.05, 4.69) is 5.16 Å². The number of para-hydroxylation sites is 1. The average Bonchev–Trinajstić information content (AvgIpc) is 2.54. The van der Waals surface area contributed by atoms with Gasteiger partial charge in [-0.1, -0.05) is 30.3 Å². The molecule has 0 heterocycles. The minimum absolute atomic E-state index is 0.0827. The van der Waals surface area contributed by atoms with E-state index in [1.807, 2.05) is 37.3 Å². The van der Waals surface area contributed by atoms with E-state index in [1.165, 1.54) is 7.11 Å². The van der Waals surface area contributed by atoms with E-state index in [9.17, 15) is 4.79 Å². The van der Waals surface area contributed by atoms with Crippen LogP contribution in [0.2, 0.25) is 0 Å². The Balaban J connectivity index is 3.05. The van der Waals surface area contributed by atoms with Gasteiger partial charge in [0.1, 0.15) is 11.4 Å². The predicted octanol–water partition coefficient (Wildman–Crippen LogP) is 1.97. The average molecular weight is 293 g/mol. The van der Waals surface area contributed by atoms with Crippen molar-refractivity contribution >= 4 is 17.4 Å². The molecule has 116 valence electrons. The summed E-state index contributed by atoms with van der Waals surface area (Å²) in [6.45, 7) is 3.97. The van der Waals surface area contributed by atoms with Crippen molar-refractivity contribution in [3.63, 3.8) is 0 Å². The summed E-state index contributed by atoms with van der Waals surface area (Å²) in [6.07, 6.45) is 0.829. The van der Waals surface area contributed by atoms with Crippen LogP contribution in [0.25, 0.3) is 0 Å². The summed E-state index contributed by atoms with van der Waals surface area (Å²) in [7, 11) is 1.52. The second-order valence-electron chi connectivity index (χ2n) is 4.92. The lowest BCUT2D eigenvalue weighted by atomic mass is 10.0. The molecule has 6 heteroatoms. The molecule has 1 amide bonds. The number of ether oxygens (including phenoxy) is 1. The van der Waals surface area contributed by atoms with E-state index in [4.69, 9.17) is 15.7 Å². The molecule has 3 N–H and O–H groups in total. The van der Waals surface area contributed by atoms with Crippen LogP contribution in [-0.4, -0.2) is 36.2 Å². The first-order valence-corrected chi connectivity index (χ1v) is 6.87. The molecule has 1 unspecified atom stereocenters. The van der Waals surface area contributed by atoms with Gasteiger partial charge in [0.25, 0.3) is 5.91 Å². The topological polar surface area (TPSA) is 88.2 Å². The van der Waals surface area contributed by atoms with Gasteiger partial charge in [0.2, 0.25) is 0 Å². The largest absolute Gasteiger partial charge is 0.409 e. The highest BCUT2D eigenvalue weighted by atomic mass is 16.5. The van der Waals surface area contributed by atoms with E-state index in [1.54, 1.807) is 11.8 Å². The van der Waals surface area contributed by atoms with Gasteiger partial charge >= 0.3 is 0 Å². The van der Waals surface area contributed by atoms with Crippen molar-refractivity contribution in [1.82, 2.24) is 0 Å². The van der Waals surface area contributed by atoms with Crippen LogP contribution in [0.3, 0.4) is 0 Å². The highest BCUT2D eigenvalue weighted by Crippen LogP contribution is 2.23. The van der Waals surface area contributed by atoms with Crippen LogP contribution in [0.1, 0.15) is 26.7 Å². The first-order chi connectivity index (χ1) is 9.98. The number of amides is 1. The van der Waals surface area contributed by atoms with Crippen LogP contribution >= 0.6 is 0 Å². The maximum atomic E-state index is 12.8. The summed E-state index contributed by atoms with van der Waals surface area (Å²) >= 11 is 0. The van der Waals surface area contributed by atoms with Crippen LogP contribution < -0.4 is 10.6 Å². The van der Waals surface area contributed by atoms with E-state index in [-0.39, 0.29) is 18.2 Å². The molecule has 1 aromatic rings. The molecule has 0 fully saturated rings. The molecule has 0 aromatic heterocycles. The molecule has 0 spiro atoms. The molecule has 0 aliphatic heterocycles. The monoisotopic (exact) mass is 293 g/mol. The molecule has 21 heavy (non-hydrogen) atoms. The molecule has 6 nitrogen and oxygen atoms in total. The van der Waals surface area contributed by atoms with Gasteiger partial charge in [0, 0.05) is 25.8 Å². The minimum atomic E-state index is -0.902. The normalized spacial score (nSPS) is 14.5. The smallest absolute Gasteiger partial charge is 0.258 e. The number of rotatable bonds is 7. The fourth-order valence-electron chi connectivity index (χ4n) is 1.90. The van der Waals surface area contributed by atoms with Crippen molar-refractivity contribution in [2.75, 3.05) is 18.6 Å². The van der Waals surface area contributed by atoms with Crippen LogP contribution in [0.15, 0.2) is 35.5 Å². The second kappa shape index (κ2) is 7.64. The molecule has 0 aliphatic carbocycles. The van der Waals surface area contributed by atoms with Gasteiger partial charge in [-0.2, -0.15) is 0 Å². The van der Waals surface area contributed by atoms with Crippen molar-refractivity contribution in [1.29, 1.82) is 0 Å². The Morgan fingerprint density at radius 1 is 1.43 bits per heavy atom. The van der Waals surface area contributed by atoms with Crippen molar-refractivity contribution in [2.24, 2.45) is 10.9 Å². The quantitative estimate of drug-likeness (QED) is 0.348. The Bertz CT molecular complexity index is 484. The van der Waals surface area contributed by atoms with Gasteiger partial charge in [0.15, 0.2) is 0 Å². The Kier molecular flexibility index (Phi) is 6.17. The van der Waals surface area contributed by atoms with Crippen LogP contribution in [0, 0.1) is 0 Å². The first-order valence-electron chi connectivity index (χ1n) is 6.87. The Morgan fingerprint density at radius 3 is 2.52 bits per heavy atom. The van der Waals surface area contributed by atoms with E-state index in [0.717, 1.165) is 5.69 Å². The highest BCUT2D eigenvalue weighted by molar-refractivity contribution is 5.99. The summed E-state index contributed by atoms with van der Waals surface area (Å²) < 4.78 is 5.38. The highest BCUT2D eigenvalue weighted by Gasteiger charge is 2.35. The van der Waals surface area contributed by atoms with Gasteiger partial charge in [0.05, 0.1) is 0 Å².